The second-order valence-corrected chi connectivity index (χ2v) is 10.4. The number of aromatic nitrogens is 2. The minimum atomic E-state index is -5.08. The van der Waals surface area contributed by atoms with Gasteiger partial charge in [0.2, 0.25) is 0 Å². The lowest BCUT2D eigenvalue weighted by Gasteiger charge is -2.31. The Kier molecular flexibility index (Phi) is 10.7. The van der Waals surface area contributed by atoms with Gasteiger partial charge in [0.1, 0.15) is 23.2 Å². The zero-order valence-electron chi connectivity index (χ0n) is 24.5. The van der Waals surface area contributed by atoms with E-state index in [0.29, 0.717) is 24.3 Å². The molecule has 0 aliphatic heterocycles. The van der Waals surface area contributed by atoms with Gasteiger partial charge in [-0.15, -0.1) is 0 Å². The van der Waals surface area contributed by atoms with Gasteiger partial charge in [-0.1, -0.05) is 30.3 Å². The molecule has 1 aliphatic carbocycles. The molecular weight excluding hydrogens is 573 g/mol. The first-order valence-corrected chi connectivity index (χ1v) is 14.3. The minimum Gasteiger partial charge on any atom is -0.494 e. The Balaban J connectivity index is 0.000000566. The van der Waals surface area contributed by atoms with E-state index in [0.717, 1.165) is 66.3 Å². The third-order valence-corrected chi connectivity index (χ3v) is 7.39. The highest BCUT2D eigenvalue weighted by atomic mass is 19.4. The lowest BCUT2D eigenvalue weighted by atomic mass is 9.90. The molecule has 0 unspecified atom stereocenters. The van der Waals surface area contributed by atoms with E-state index >= 15 is 0 Å². The van der Waals surface area contributed by atoms with Crippen molar-refractivity contribution >= 4 is 28.7 Å². The van der Waals surface area contributed by atoms with Gasteiger partial charge < -0.3 is 25.8 Å². The van der Waals surface area contributed by atoms with Gasteiger partial charge in [0.15, 0.2) is 0 Å². The molecule has 4 N–H and O–H groups in total. The molecule has 9 nitrogen and oxygen atoms in total. The molecular formula is C32H35F3N6O3. The number of hydrogen-bond acceptors (Lipinski definition) is 7. The van der Waals surface area contributed by atoms with Crippen LogP contribution in [0.15, 0.2) is 66.9 Å². The molecule has 0 bridgehead atoms. The van der Waals surface area contributed by atoms with Crippen LogP contribution in [0.25, 0.3) is 5.52 Å². The third kappa shape index (κ3) is 8.20. The van der Waals surface area contributed by atoms with E-state index < -0.39 is 12.1 Å². The molecule has 232 valence electrons. The van der Waals surface area contributed by atoms with Gasteiger partial charge in [-0.2, -0.15) is 23.5 Å². The number of hydrogen-bond donors (Lipinski definition) is 4. The Labute approximate surface area is 253 Å². The summed E-state index contributed by atoms with van der Waals surface area (Å²) in [5, 5.41) is 32.7. The quantitative estimate of drug-likeness (QED) is 0.164. The summed E-state index contributed by atoms with van der Waals surface area (Å²) in [4.78, 5) is 8.90. The number of benzene rings is 2. The zero-order valence-corrected chi connectivity index (χ0v) is 24.5. The van der Waals surface area contributed by atoms with E-state index in [-0.39, 0.29) is 0 Å². The van der Waals surface area contributed by atoms with Crippen LogP contribution in [-0.2, 0) is 11.3 Å². The normalized spacial score (nSPS) is 16.4. The molecule has 1 fully saturated rings. The third-order valence-electron chi connectivity index (χ3n) is 7.39. The maximum Gasteiger partial charge on any atom is 0.490 e. The summed E-state index contributed by atoms with van der Waals surface area (Å²) >= 11 is 0. The van der Waals surface area contributed by atoms with Crippen LogP contribution in [0, 0.1) is 18.3 Å². The molecule has 0 atom stereocenters. The Hall–Kier alpha value is -4.76. The highest BCUT2D eigenvalue weighted by molar-refractivity contribution is 5.82. The molecule has 0 saturated heterocycles. The van der Waals surface area contributed by atoms with Gasteiger partial charge in [0.25, 0.3) is 0 Å². The number of carboxylic acid groups (broad SMARTS) is 1. The molecule has 1 saturated carbocycles. The number of aliphatic carboxylic acids is 1. The number of carbonyl (C=O) groups is 1. The smallest absolute Gasteiger partial charge is 0.490 e. The van der Waals surface area contributed by atoms with Crippen molar-refractivity contribution in [1.82, 2.24) is 14.9 Å². The molecule has 0 spiro atoms. The minimum absolute atomic E-state index is 0.323. The van der Waals surface area contributed by atoms with Crippen LogP contribution in [0.3, 0.4) is 0 Å². The van der Waals surface area contributed by atoms with Crippen molar-refractivity contribution in [3.63, 3.8) is 0 Å². The van der Waals surface area contributed by atoms with E-state index in [1.54, 1.807) is 6.20 Å². The SMILES string of the molecule is CCOc1ccc(Nc2c(C)c(N[C@H]3CC[C@H](NCc4ccccc4)CC3)c(C#N)c3ccnn23)cc1.O=C(O)C(F)(F)F. The van der Waals surface area contributed by atoms with Crippen LogP contribution >= 0.6 is 0 Å². The number of anilines is 3. The number of fused-ring (bicyclic) bond motifs is 1. The number of halogens is 3. The molecule has 0 radical (unpaired) electrons. The first-order valence-electron chi connectivity index (χ1n) is 14.3. The van der Waals surface area contributed by atoms with Crippen molar-refractivity contribution in [2.24, 2.45) is 0 Å². The van der Waals surface area contributed by atoms with Crippen LogP contribution < -0.4 is 20.7 Å². The summed E-state index contributed by atoms with van der Waals surface area (Å²) in [6.07, 6.45) is 0.993. The molecule has 0 amide bonds. The average molecular weight is 609 g/mol. The van der Waals surface area contributed by atoms with Crippen molar-refractivity contribution in [2.45, 2.75) is 64.3 Å². The van der Waals surface area contributed by atoms with Crippen LogP contribution in [0.5, 0.6) is 5.75 Å². The Bertz CT molecular complexity index is 1580. The van der Waals surface area contributed by atoms with Crippen LogP contribution in [0.2, 0.25) is 0 Å². The number of carboxylic acids is 1. The summed E-state index contributed by atoms with van der Waals surface area (Å²) in [5.74, 6) is -1.07. The predicted molar refractivity (Wildman–Crippen MR) is 162 cm³/mol. The summed E-state index contributed by atoms with van der Waals surface area (Å²) in [6, 6.07) is 23.6. The lowest BCUT2D eigenvalue weighted by molar-refractivity contribution is -0.192. The fraction of sp³-hybridized carbons (Fsp3) is 0.344. The van der Waals surface area contributed by atoms with Gasteiger partial charge in [-0.05, 0) is 75.4 Å². The number of pyridine rings is 1. The fourth-order valence-electron chi connectivity index (χ4n) is 5.15. The predicted octanol–water partition coefficient (Wildman–Crippen LogP) is 6.80. The summed E-state index contributed by atoms with van der Waals surface area (Å²) in [7, 11) is 0. The van der Waals surface area contributed by atoms with E-state index in [1.807, 2.05) is 48.7 Å². The second kappa shape index (κ2) is 14.6. The first kappa shape index (κ1) is 32.2. The number of ether oxygens (including phenoxy) is 1. The fourth-order valence-corrected chi connectivity index (χ4v) is 5.15. The van der Waals surface area contributed by atoms with E-state index in [1.165, 1.54) is 5.56 Å². The van der Waals surface area contributed by atoms with Crippen LogP contribution in [0.1, 0.15) is 49.3 Å². The van der Waals surface area contributed by atoms with Gasteiger partial charge in [0.05, 0.1) is 24.0 Å². The van der Waals surface area contributed by atoms with Crippen molar-refractivity contribution in [3.05, 3.63) is 83.6 Å². The van der Waals surface area contributed by atoms with Crippen molar-refractivity contribution < 1.29 is 27.8 Å². The Morgan fingerprint density at radius 2 is 1.70 bits per heavy atom. The van der Waals surface area contributed by atoms with Crippen molar-refractivity contribution in [2.75, 3.05) is 17.2 Å². The first-order chi connectivity index (χ1) is 21.1. The standard InChI is InChI=1S/C30H34N6O.C2HF3O2/c1-3-37-26-15-13-25(14-16-26)35-30-21(2)29(27(19-31)28-17-18-33-36(28)30)34-24-11-9-23(10-12-24)32-20-22-7-5-4-6-8-22;3-2(4,5)1(6)7/h4-8,13-18,23-24,32,34-35H,3,9-12,20H2,1-2H3;(H,6,7)/t23-,24-;. The lowest BCUT2D eigenvalue weighted by Crippen LogP contribution is -2.36. The molecule has 12 heteroatoms. The van der Waals surface area contributed by atoms with Gasteiger partial charge in [-0.25, -0.2) is 9.31 Å². The van der Waals surface area contributed by atoms with E-state index in [4.69, 9.17) is 14.6 Å². The number of alkyl halides is 3. The molecule has 2 aromatic carbocycles. The molecule has 1 aliphatic rings. The Morgan fingerprint density at radius 1 is 1.07 bits per heavy atom. The van der Waals surface area contributed by atoms with Crippen molar-refractivity contribution in [1.29, 1.82) is 5.26 Å². The van der Waals surface area contributed by atoms with E-state index in [9.17, 15) is 18.4 Å². The van der Waals surface area contributed by atoms with Gasteiger partial charge in [0, 0.05) is 29.9 Å². The molecule has 44 heavy (non-hydrogen) atoms. The second-order valence-electron chi connectivity index (χ2n) is 10.4. The van der Waals surface area contributed by atoms with Crippen LogP contribution in [-0.4, -0.2) is 45.6 Å². The highest BCUT2D eigenvalue weighted by Crippen LogP contribution is 2.35. The molecule has 5 rings (SSSR count). The molecule has 2 heterocycles. The number of nitrogens with one attached hydrogen (secondary N) is 3. The number of nitrogens with zero attached hydrogens (tertiary/aromatic N) is 3. The summed E-state index contributed by atoms with van der Waals surface area (Å²) in [5.41, 5.74) is 5.55. The Morgan fingerprint density at radius 3 is 2.30 bits per heavy atom. The summed E-state index contributed by atoms with van der Waals surface area (Å²) in [6.45, 7) is 5.56. The van der Waals surface area contributed by atoms with Gasteiger partial charge in [-0.3, -0.25) is 0 Å². The van der Waals surface area contributed by atoms with Gasteiger partial charge >= 0.3 is 12.1 Å². The van der Waals surface area contributed by atoms with Crippen LogP contribution in [0.4, 0.5) is 30.4 Å². The largest absolute Gasteiger partial charge is 0.494 e. The zero-order chi connectivity index (χ0) is 31.7. The topological polar surface area (TPSA) is 124 Å². The highest BCUT2D eigenvalue weighted by Gasteiger charge is 2.38. The average Bonchev–Trinajstić information content (AvgIpc) is 3.50. The maximum atomic E-state index is 10.6. The maximum absolute atomic E-state index is 10.6. The van der Waals surface area contributed by atoms with E-state index in [2.05, 4.69) is 57.5 Å². The van der Waals surface area contributed by atoms with Crippen molar-refractivity contribution in [3.8, 4) is 11.8 Å². The molecule has 4 aromatic rings. The number of rotatable bonds is 9. The number of nitriles is 1. The monoisotopic (exact) mass is 608 g/mol. The molecule has 2 aromatic heterocycles. The summed E-state index contributed by atoms with van der Waals surface area (Å²) < 4.78 is 39.1.